The lowest BCUT2D eigenvalue weighted by molar-refractivity contribution is -0.139. The molecule has 0 saturated carbocycles. The number of benzene rings is 1. The molecule has 6 nitrogen and oxygen atoms in total. The van der Waals surface area contributed by atoms with E-state index in [1.807, 2.05) is 30.2 Å². The number of aliphatic imine (C=N–C) groups is 1. The van der Waals surface area contributed by atoms with Gasteiger partial charge in [0.25, 0.3) is 5.91 Å². The summed E-state index contributed by atoms with van der Waals surface area (Å²) >= 11 is 0. The van der Waals surface area contributed by atoms with Crippen molar-refractivity contribution in [3.63, 3.8) is 0 Å². The molecule has 3 heterocycles. The van der Waals surface area contributed by atoms with Crippen LogP contribution in [0.1, 0.15) is 36.6 Å². The lowest BCUT2D eigenvalue weighted by Crippen LogP contribution is -2.36. The Morgan fingerprint density at radius 3 is 2.64 bits per heavy atom. The Morgan fingerprint density at radius 1 is 1.27 bits per heavy atom. The lowest BCUT2D eigenvalue weighted by atomic mass is 9.99. The van der Waals surface area contributed by atoms with Crippen LogP contribution in [0.15, 0.2) is 59.5 Å². The normalized spacial score (nSPS) is 18.8. The molecule has 172 valence electrons. The number of anilines is 1. The summed E-state index contributed by atoms with van der Waals surface area (Å²) in [6, 6.07) is 4.47. The van der Waals surface area contributed by atoms with Crippen LogP contribution in [0.3, 0.4) is 0 Å². The minimum Gasteiger partial charge on any atom is -0.396 e. The van der Waals surface area contributed by atoms with E-state index in [1.165, 1.54) is 6.92 Å². The third-order valence-corrected chi connectivity index (χ3v) is 5.45. The molecule has 2 aliphatic rings. The summed E-state index contributed by atoms with van der Waals surface area (Å²) in [6.07, 6.45) is 1.95. The van der Waals surface area contributed by atoms with Gasteiger partial charge >= 0.3 is 6.18 Å². The minimum atomic E-state index is -4.91. The van der Waals surface area contributed by atoms with E-state index >= 15 is 0 Å². The van der Waals surface area contributed by atoms with Gasteiger partial charge in [-0.2, -0.15) is 13.2 Å². The number of nitrogen functional groups attached to an aromatic ring is 1. The fraction of sp³-hybridized carbons (Fsp3) is 0.261. The average Bonchev–Trinajstić information content (AvgIpc) is 3.14. The van der Waals surface area contributed by atoms with Crippen molar-refractivity contribution in [2.24, 2.45) is 4.99 Å². The van der Waals surface area contributed by atoms with Crippen LogP contribution >= 0.6 is 0 Å². The summed E-state index contributed by atoms with van der Waals surface area (Å²) in [4.78, 5) is 23.6. The number of nitrogens with two attached hydrogens (primary N) is 1. The number of pyridine rings is 1. The maximum Gasteiger partial charge on any atom is 0.419 e. The molecule has 1 amide bonds. The second kappa shape index (κ2) is 8.34. The van der Waals surface area contributed by atoms with Crippen LogP contribution in [0, 0.1) is 5.82 Å². The molecule has 0 unspecified atom stereocenters. The Hall–Kier alpha value is -3.69. The van der Waals surface area contributed by atoms with Gasteiger partial charge in [-0.25, -0.2) is 4.39 Å². The highest BCUT2D eigenvalue weighted by Gasteiger charge is 2.36. The van der Waals surface area contributed by atoms with Crippen molar-refractivity contribution < 1.29 is 22.4 Å². The third-order valence-electron chi connectivity index (χ3n) is 5.45. The van der Waals surface area contributed by atoms with Crippen LogP contribution in [0.5, 0.6) is 0 Å². The highest BCUT2D eigenvalue weighted by atomic mass is 19.4. The number of hydrogen-bond donors (Lipinski definition) is 2. The van der Waals surface area contributed by atoms with Crippen LogP contribution in [0.2, 0.25) is 0 Å². The van der Waals surface area contributed by atoms with Gasteiger partial charge in [0.15, 0.2) is 5.82 Å². The zero-order valence-corrected chi connectivity index (χ0v) is 17.8. The first-order chi connectivity index (χ1) is 15.5. The largest absolute Gasteiger partial charge is 0.419 e. The lowest BCUT2D eigenvalue weighted by Gasteiger charge is -2.25. The summed E-state index contributed by atoms with van der Waals surface area (Å²) in [5.74, 6) is -1.56. The van der Waals surface area contributed by atoms with Gasteiger partial charge < -0.3 is 16.0 Å². The topological polar surface area (TPSA) is 83.6 Å². The molecular formula is C23H21F4N5O. The summed E-state index contributed by atoms with van der Waals surface area (Å²) < 4.78 is 53.5. The minimum absolute atomic E-state index is 0.0343. The van der Waals surface area contributed by atoms with Gasteiger partial charge in [-0.05, 0) is 60.9 Å². The second-order valence-electron chi connectivity index (χ2n) is 8.00. The van der Waals surface area contributed by atoms with Crippen LogP contribution < -0.4 is 11.1 Å². The number of rotatable bonds is 4. The Bertz CT molecular complexity index is 1190. The number of hydrogen-bond acceptors (Lipinski definition) is 5. The van der Waals surface area contributed by atoms with Crippen molar-refractivity contribution in [3.8, 4) is 0 Å². The third kappa shape index (κ3) is 4.46. The maximum atomic E-state index is 13.9. The van der Waals surface area contributed by atoms with Crippen molar-refractivity contribution in [2.45, 2.75) is 32.1 Å². The molecule has 0 spiro atoms. The Morgan fingerprint density at radius 2 is 1.97 bits per heavy atom. The molecule has 3 N–H and O–H groups in total. The van der Waals surface area contributed by atoms with Gasteiger partial charge in [-0.15, -0.1) is 0 Å². The van der Waals surface area contributed by atoms with Gasteiger partial charge in [0.05, 0.1) is 28.9 Å². The molecule has 10 heteroatoms. The van der Waals surface area contributed by atoms with E-state index in [4.69, 9.17) is 5.73 Å². The number of alkyl halides is 3. The first kappa shape index (κ1) is 22.5. The van der Waals surface area contributed by atoms with Crippen molar-refractivity contribution in [3.05, 3.63) is 77.0 Å². The predicted molar refractivity (Wildman–Crippen MR) is 116 cm³/mol. The predicted octanol–water partition coefficient (Wildman–Crippen LogP) is 4.08. The smallest absolute Gasteiger partial charge is 0.396 e. The molecule has 2 atom stereocenters. The summed E-state index contributed by atoms with van der Waals surface area (Å²) in [5, 5.41) is 2.69. The summed E-state index contributed by atoms with van der Waals surface area (Å²) in [5.41, 5.74) is 5.29. The Kier molecular flexibility index (Phi) is 5.69. The van der Waals surface area contributed by atoms with Gasteiger partial charge in [-0.3, -0.25) is 14.8 Å². The number of aromatic nitrogens is 1. The number of carbonyl (C=O) groups is 1. The highest BCUT2D eigenvalue weighted by molar-refractivity contribution is 6.24. The van der Waals surface area contributed by atoms with E-state index in [-0.39, 0.29) is 17.2 Å². The van der Waals surface area contributed by atoms with Crippen LogP contribution in [-0.4, -0.2) is 34.2 Å². The van der Waals surface area contributed by atoms with Gasteiger partial charge in [0, 0.05) is 25.1 Å². The van der Waals surface area contributed by atoms with Crippen LogP contribution in [-0.2, 0) is 11.0 Å². The number of allylic oxidation sites excluding steroid dienone is 2. The average molecular weight is 459 g/mol. The zero-order valence-electron chi connectivity index (χ0n) is 17.8. The molecule has 4 rings (SSSR count). The molecule has 1 aromatic carbocycles. The number of halogens is 4. The monoisotopic (exact) mass is 459 g/mol. The van der Waals surface area contributed by atoms with Gasteiger partial charge in [0.1, 0.15) is 5.84 Å². The van der Waals surface area contributed by atoms with Crippen LogP contribution in [0.25, 0.3) is 5.57 Å². The van der Waals surface area contributed by atoms with Gasteiger partial charge in [0.2, 0.25) is 0 Å². The molecule has 1 aromatic heterocycles. The summed E-state index contributed by atoms with van der Waals surface area (Å²) in [7, 11) is 0. The second-order valence-corrected chi connectivity index (χ2v) is 8.00. The number of fused-ring (bicyclic) bond motifs is 1. The highest BCUT2D eigenvalue weighted by Crippen LogP contribution is 2.36. The van der Waals surface area contributed by atoms with Crippen molar-refractivity contribution in [2.75, 3.05) is 12.3 Å². The van der Waals surface area contributed by atoms with Crippen LogP contribution in [0.4, 0.5) is 23.2 Å². The van der Waals surface area contributed by atoms with Crippen molar-refractivity contribution in [1.82, 2.24) is 15.2 Å². The number of carbonyl (C=O) groups excluding carboxylic acids is 1. The van der Waals surface area contributed by atoms with E-state index in [2.05, 4.69) is 15.3 Å². The summed E-state index contributed by atoms with van der Waals surface area (Å²) in [6.45, 7) is 4.02. The Labute approximate surface area is 187 Å². The molecule has 0 fully saturated rings. The number of nitrogens with one attached hydrogen (secondary N) is 1. The van der Waals surface area contributed by atoms with Gasteiger partial charge in [-0.1, -0.05) is 0 Å². The zero-order chi connectivity index (χ0) is 23.9. The van der Waals surface area contributed by atoms with E-state index in [9.17, 15) is 22.4 Å². The molecule has 33 heavy (non-hydrogen) atoms. The number of amidine groups is 1. The van der Waals surface area contributed by atoms with Crippen molar-refractivity contribution in [1.29, 1.82) is 0 Å². The van der Waals surface area contributed by atoms with E-state index in [0.717, 1.165) is 17.2 Å². The van der Waals surface area contributed by atoms with E-state index in [0.29, 0.717) is 18.4 Å². The fourth-order valence-electron chi connectivity index (χ4n) is 3.81. The number of nitrogens with zero attached hydrogens (tertiary/aromatic N) is 3. The first-order valence-corrected chi connectivity index (χ1v) is 10.2. The first-order valence-electron chi connectivity index (χ1n) is 10.2. The molecule has 2 aliphatic heterocycles. The standard InChI is InChI=1S/C23H21F4N5O/c1-12-10-32-11-16(14-3-5-29-6-4-14)7-17(21(32)30-12)22(33)31-13(2)15-8-18(23(25,26)27)20(24)19(28)9-15/h3-9,11-13H,10,28H2,1-2H3,(H,31,33)/t12-,13-/m1/s1. The van der Waals surface area contributed by atoms with E-state index in [1.54, 1.807) is 18.5 Å². The molecule has 0 aliphatic carbocycles. The number of amides is 1. The molecule has 0 bridgehead atoms. The maximum absolute atomic E-state index is 13.9. The molecule has 2 aromatic rings. The Balaban J connectivity index is 1.65. The van der Waals surface area contributed by atoms with Crippen molar-refractivity contribution >= 4 is 23.0 Å². The quantitative estimate of drug-likeness (QED) is 0.533. The SMILES string of the molecule is C[C@@H]1CN2C=C(c3ccncc3)C=C(C(=O)N[C@H](C)c3cc(N)c(F)c(C(F)(F)F)c3)C2=N1. The fourth-order valence-corrected chi connectivity index (χ4v) is 3.81. The molecule has 0 saturated heterocycles. The van der Waals surface area contributed by atoms with E-state index < -0.39 is 35.2 Å². The molecular weight excluding hydrogens is 438 g/mol. The molecule has 0 radical (unpaired) electrons.